The lowest BCUT2D eigenvalue weighted by atomic mass is 10.3. The maximum atomic E-state index is 11.4. The van der Waals surface area contributed by atoms with Gasteiger partial charge in [-0.3, -0.25) is 4.57 Å². The standard InChI is InChI=1S/C10H12N2O2/c1-7(11)6-12-8-4-2-3-5-9(8)14-10(12)13/h2-5,7H,6,11H2,1H3/t7-/m0/s1. The van der Waals surface area contributed by atoms with Crippen molar-refractivity contribution in [1.82, 2.24) is 4.57 Å². The van der Waals surface area contributed by atoms with Crippen LogP contribution in [0.25, 0.3) is 11.1 Å². The molecule has 0 bridgehead atoms. The minimum absolute atomic E-state index is 0.0614. The summed E-state index contributed by atoms with van der Waals surface area (Å²) >= 11 is 0. The summed E-state index contributed by atoms with van der Waals surface area (Å²) in [5.74, 6) is -0.344. The van der Waals surface area contributed by atoms with Crippen LogP contribution in [-0.2, 0) is 6.54 Å². The average Bonchev–Trinajstić information content (AvgIpc) is 2.43. The van der Waals surface area contributed by atoms with Crippen LogP contribution in [0.4, 0.5) is 0 Å². The van der Waals surface area contributed by atoms with Crippen LogP contribution >= 0.6 is 0 Å². The smallest absolute Gasteiger partial charge is 0.408 e. The largest absolute Gasteiger partial charge is 0.420 e. The van der Waals surface area contributed by atoms with Gasteiger partial charge in [-0.2, -0.15) is 0 Å². The molecule has 0 amide bonds. The first-order valence-electron chi connectivity index (χ1n) is 4.52. The number of hydrogen-bond acceptors (Lipinski definition) is 3. The average molecular weight is 192 g/mol. The SMILES string of the molecule is C[C@H](N)Cn1c(=O)oc2ccccc21. The van der Waals surface area contributed by atoms with Gasteiger partial charge in [0.05, 0.1) is 5.52 Å². The minimum atomic E-state index is -0.344. The summed E-state index contributed by atoms with van der Waals surface area (Å²) in [7, 11) is 0. The van der Waals surface area contributed by atoms with Crippen LogP contribution in [0, 0.1) is 0 Å². The Bertz CT molecular complexity index is 496. The first-order chi connectivity index (χ1) is 6.68. The Balaban J connectivity index is 2.62. The van der Waals surface area contributed by atoms with E-state index in [1.807, 2.05) is 25.1 Å². The summed E-state index contributed by atoms with van der Waals surface area (Å²) < 4.78 is 6.61. The van der Waals surface area contributed by atoms with Crippen LogP contribution < -0.4 is 11.5 Å². The summed E-state index contributed by atoms with van der Waals surface area (Å²) in [5, 5.41) is 0. The summed E-state index contributed by atoms with van der Waals surface area (Å²) in [5.41, 5.74) is 7.05. The van der Waals surface area contributed by atoms with Crippen LogP contribution in [0.1, 0.15) is 6.92 Å². The molecule has 0 saturated carbocycles. The van der Waals surface area contributed by atoms with Crippen LogP contribution in [-0.4, -0.2) is 10.6 Å². The Kier molecular flexibility index (Phi) is 2.13. The molecular weight excluding hydrogens is 180 g/mol. The second-order valence-corrected chi connectivity index (χ2v) is 3.42. The third kappa shape index (κ3) is 1.44. The zero-order chi connectivity index (χ0) is 10.1. The van der Waals surface area contributed by atoms with E-state index in [9.17, 15) is 4.79 Å². The first kappa shape index (κ1) is 9.02. The lowest BCUT2D eigenvalue weighted by molar-refractivity contribution is 0.485. The molecular formula is C10H12N2O2. The molecule has 4 nitrogen and oxygen atoms in total. The van der Waals surface area contributed by atoms with Crippen molar-refractivity contribution in [2.45, 2.75) is 19.5 Å². The van der Waals surface area contributed by atoms with Crippen LogP contribution in [0.3, 0.4) is 0 Å². The molecule has 2 rings (SSSR count). The van der Waals surface area contributed by atoms with Gasteiger partial charge in [-0.25, -0.2) is 4.79 Å². The van der Waals surface area contributed by atoms with E-state index in [2.05, 4.69) is 0 Å². The fourth-order valence-corrected chi connectivity index (χ4v) is 1.47. The van der Waals surface area contributed by atoms with E-state index < -0.39 is 0 Å². The van der Waals surface area contributed by atoms with Gasteiger partial charge in [-0.15, -0.1) is 0 Å². The molecule has 0 unspecified atom stereocenters. The Morgan fingerprint density at radius 2 is 2.21 bits per heavy atom. The van der Waals surface area contributed by atoms with Crippen molar-refractivity contribution in [3.8, 4) is 0 Å². The number of benzene rings is 1. The predicted molar refractivity (Wildman–Crippen MR) is 54.1 cm³/mol. The van der Waals surface area contributed by atoms with Crippen LogP contribution in [0.2, 0.25) is 0 Å². The Morgan fingerprint density at radius 3 is 2.93 bits per heavy atom. The highest BCUT2D eigenvalue weighted by Gasteiger charge is 2.08. The zero-order valence-corrected chi connectivity index (χ0v) is 7.93. The predicted octanol–water partition coefficient (Wildman–Crippen LogP) is 0.942. The molecule has 0 aliphatic heterocycles. The van der Waals surface area contributed by atoms with Gasteiger partial charge < -0.3 is 10.2 Å². The van der Waals surface area contributed by atoms with Crippen molar-refractivity contribution in [2.24, 2.45) is 5.73 Å². The number of nitrogens with two attached hydrogens (primary N) is 1. The monoisotopic (exact) mass is 192 g/mol. The molecule has 4 heteroatoms. The maximum absolute atomic E-state index is 11.4. The van der Waals surface area contributed by atoms with Crippen LogP contribution in [0.15, 0.2) is 33.5 Å². The van der Waals surface area contributed by atoms with E-state index in [-0.39, 0.29) is 11.8 Å². The Morgan fingerprint density at radius 1 is 1.50 bits per heavy atom. The molecule has 74 valence electrons. The molecule has 0 saturated heterocycles. The zero-order valence-electron chi connectivity index (χ0n) is 7.93. The summed E-state index contributed by atoms with van der Waals surface area (Å²) in [6.45, 7) is 2.34. The summed E-state index contributed by atoms with van der Waals surface area (Å²) in [4.78, 5) is 11.4. The van der Waals surface area contributed by atoms with Gasteiger partial charge in [0.1, 0.15) is 0 Å². The van der Waals surface area contributed by atoms with E-state index in [1.165, 1.54) is 0 Å². The molecule has 14 heavy (non-hydrogen) atoms. The number of oxazole rings is 1. The van der Waals surface area contributed by atoms with Crippen LogP contribution in [0.5, 0.6) is 0 Å². The third-order valence-corrected chi connectivity index (χ3v) is 2.04. The lowest BCUT2D eigenvalue weighted by Crippen LogP contribution is -2.27. The van der Waals surface area contributed by atoms with Crippen molar-refractivity contribution in [3.05, 3.63) is 34.8 Å². The fourth-order valence-electron chi connectivity index (χ4n) is 1.47. The normalized spacial score (nSPS) is 13.3. The third-order valence-electron chi connectivity index (χ3n) is 2.04. The highest BCUT2D eigenvalue weighted by atomic mass is 16.4. The van der Waals surface area contributed by atoms with Gasteiger partial charge in [0.15, 0.2) is 5.58 Å². The molecule has 1 heterocycles. The molecule has 0 aliphatic rings. The van der Waals surface area contributed by atoms with E-state index in [1.54, 1.807) is 10.6 Å². The molecule has 2 N–H and O–H groups in total. The molecule has 0 aliphatic carbocycles. The maximum Gasteiger partial charge on any atom is 0.420 e. The van der Waals surface area contributed by atoms with Crippen molar-refractivity contribution >= 4 is 11.1 Å². The highest BCUT2D eigenvalue weighted by Crippen LogP contribution is 2.11. The van der Waals surface area contributed by atoms with Gasteiger partial charge in [0, 0.05) is 12.6 Å². The molecule has 0 fully saturated rings. The minimum Gasteiger partial charge on any atom is -0.408 e. The number of nitrogens with zero attached hydrogens (tertiary/aromatic N) is 1. The number of aromatic nitrogens is 1. The molecule has 0 radical (unpaired) electrons. The Labute approximate surface area is 80.9 Å². The van der Waals surface area contributed by atoms with Gasteiger partial charge in [-0.1, -0.05) is 12.1 Å². The van der Waals surface area contributed by atoms with Crippen molar-refractivity contribution in [1.29, 1.82) is 0 Å². The number of rotatable bonds is 2. The highest BCUT2D eigenvalue weighted by molar-refractivity contribution is 5.72. The first-order valence-corrected chi connectivity index (χ1v) is 4.52. The van der Waals surface area contributed by atoms with Crippen molar-refractivity contribution in [3.63, 3.8) is 0 Å². The second kappa shape index (κ2) is 3.31. The molecule has 1 aromatic heterocycles. The summed E-state index contributed by atoms with van der Waals surface area (Å²) in [6, 6.07) is 7.27. The topological polar surface area (TPSA) is 61.2 Å². The van der Waals surface area contributed by atoms with Gasteiger partial charge in [0.25, 0.3) is 0 Å². The summed E-state index contributed by atoms with van der Waals surface area (Å²) in [6.07, 6.45) is 0. The van der Waals surface area contributed by atoms with Gasteiger partial charge in [-0.05, 0) is 19.1 Å². The van der Waals surface area contributed by atoms with E-state index >= 15 is 0 Å². The molecule has 0 spiro atoms. The van der Waals surface area contributed by atoms with E-state index in [0.717, 1.165) is 5.52 Å². The Hall–Kier alpha value is -1.55. The number of hydrogen-bond donors (Lipinski definition) is 1. The van der Waals surface area contributed by atoms with Crippen molar-refractivity contribution in [2.75, 3.05) is 0 Å². The number of fused-ring (bicyclic) bond motifs is 1. The lowest BCUT2D eigenvalue weighted by Gasteiger charge is -2.04. The molecule has 1 atom stereocenters. The quantitative estimate of drug-likeness (QED) is 0.770. The second-order valence-electron chi connectivity index (χ2n) is 3.42. The fraction of sp³-hybridized carbons (Fsp3) is 0.300. The van der Waals surface area contributed by atoms with E-state index in [0.29, 0.717) is 12.1 Å². The van der Waals surface area contributed by atoms with Crippen molar-refractivity contribution < 1.29 is 4.42 Å². The van der Waals surface area contributed by atoms with Gasteiger partial charge >= 0.3 is 5.76 Å². The van der Waals surface area contributed by atoms with E-state index in [4.69, 9.17) is 10.2 Å². The van der Waals surface area contributed by atoms with Gasteiger partial charge in [0.2, 0.25) is 0 Å². The molecule has 2 aromatic rings. The molecule has 1 aromatic carbocycles. The number of para-hydroxylation sites is 2.